The summed E-state index contributed by atoms with van der Waals surface area (Å²) in [5, 5.41) is 16.6. The maximum absolute atomic E-state index is 12.4. The average molecular weight is 338 g/mol. The Morgan fingerprint density at radius 1 is 1.44 bits per heavy atom. The molecule has 0 aliphatic carbocycles. The van der Waals surface area contributed by atoms with Crippen molar-refractivity contribution in [2.45, 2.75) is 32.7 Å². The van der Waals surface area contributed by atoms with Crippen molar-refractivity contribution in [3.05, 3.63) is 40.8 Å². The van der Waals surface area contributed by atoms with Gasteiger partial charge in [0.2, 0.25) is 0 Å². The van der Waals surface area contributed by atoms with Crippen LogP contribution in [0.1, 0.15) is 40.2 Å². The number of nitrogens with zero attached hydrogens (tertiary/aromatic N) is 5. The van der Waals surface area contributed by atoms with E-state index in [2.05, 4.69) is 26.4 Å². The Balaban J connectivity index is 1.77. The number of rotatable bonds is 3. The molecule has 0 aromatic carbocycles. The van der Waals surface area contributed by atoms with Gasteiger partial charge in [0.15, 0.2) is 0 Å². The standard InChI is InChI=1S/C18H22N6O/c1-12-9-13(2)21-17(15(12)10-19)24-8-4-5-14(11-24)22-18(25)16-6-7-20-23(16)3/h6-7,9,14H,4-5,8,11H2,1-3H3,(H,22,25). The van der Waals surface area contributed by atoms with Crippen LogP contribution in [0.15, 0.2) is 18.3 Å². The molecule has 0 saturated carbocycles. The van der Waals surface area contributed by atoms with Gasteiger partial charge in [0.25, 0.3) is 5.91 Å². The highest BCUT2D eigenvalue weighted by atomic mass is 16.2. The number of aryl methyl sites for hydroxylation is 3. The van der Waals surface area contributed by atoms with Gasteiger partial charge in [0, 0.05) is 38.1 Å². The zero-order chi connectivity index (χ0) is 18.0. The number of piperidine rings is 1. The lowest BCUT2D eigenvalue weighted by Crippen LogP contribution is -2.48. The summed E-state index contributed by atoms with van der Waals surface area (Å²) in [5.74, 6) is 0.597. The van der Waals surface area contributed by atoms with Crippen LogP contribution in [-0.2, 0) is 7.05 Å². The highest BCUT2D eigenvalue weighted by Gasteiger charge is 2.25. The van der Waals surface area contributed by atoms with E-state index in [1.807, 2.05) is 19.9 Å². The minimum atomic E-state index is -0.124. The molecule has 25 heavy (non-hydrogen) atoms. The number of nitriles is 1. The number of carbonyl (C=O) groups excluding carboxylic acids is 1. The van der Waals surface area contributed by atoms with Crippen LogP contribution in [0.2, 0.25) is 0 Å². The summed E-state index contributed by atoms with van der Waals surface area (Å²) in [5.41, 5.74) is 2.99. The van der Waals surface area contributed by atoms with Crippen LogP contribution >= 0.6 is 0 Å². The second-order valence-corrected chi connectivity index (χ2v) is 6.49. The molecule has 2 aromatic rings. The zero-order valence-electron chi connectivity index (χ0n) is 14.8. The van der Waals surface area contributed by atoms with E-state index in [9.17, 15) is 10.1 Å². The van der Waals surface area contributed by atoms with E-state index in [-0.39, 0.29) is 11.9 Å². The number of anilines is 1. The first kappa shape index (κ1) is 17.0. The smallest absolute Gasteiger partial charge is 0.269 e. The monoisotopic (exact) mass is 338 g/mol. The van der Waals surface area contributed by atoms with Crippen molar-refractivity contribution < 1.29 is 4.79 Å². The van der Waals surface area contributed by atoms with Crippen LogP contribution in [0.3, 0.4) is 0 Å². The molecule has 1 aliphatic rings. The quantitative estimate of drug-likeness (QED) is 0.920. The number of aromatic nitrogens is 3. The lowest BCUT2D eigenvalue weighted by molar-refractivity contribution is 0.0923. The first-order valence-electron chi connectivity index (χ1n) is 8.41. The van der Waals surface area contributed by atoms with Gasteiger partial charge in [-0.25, -0.2) is 4.98 Å². The van der Waals surface area contributed by atoms with Crippen LogP contribution in [0, 0.1) is 25.2 Å². The predicted octanol–water partition coefficient (Wildman–Crippen LogP) is 1.70. The number of nitrogens with one attached hydrogen (secondary N) is 1. The second kappa shape index (κ2) is 6.93. The maximum Gasteiger partial charge on any atom is 0.269 e. The Bertz CT molecular complexity index is 835. The molecule has 0 bridgehead atoms. The van der Waals surface area contributed by atoms with Crippen LogP contribution in [0.4, 0.5) is 5.82 Å². The fraction of sp³-hybridized carbons (Fsp3) is 0.444. The second-order valence-electron chi connectivity index (χ2n) is 6.49. The van der Waals surface area contributed by atoms with Crippen LogP contribution < -0.4 is 10.2 Å². The first-order valence-corrected chi connectivity index (χ1v) is 8.41. The third-order valence-corrected chi connectivity index (χ3v) is 4.55. The van der Waals surface area contributed by atoms with Crippen LogP contribution in [-0.4, -0.2) is 39.8 Å². The summed E-state index contributed by atoms with van der Waals surface area (Å²) >= 11 is 0. The molecule has 7 nitrogen and oxygen atoms in total. The molecule has 1 fully saturated rings. The fourth-order valence-electron chi connectivity index (χ4n) is 3.33. The van der Waals surface area contributed by atoms with Crippen molar-refractivity contribution in [2.24, 2.45) is 7.05 Å². The Morgan fingerprint density at radius 3 is 2.92 bits per heavy atom. The van der Waals surface area contributed by atoms with Gasteiger partial charge in [-0.15, -0.1) is 0 Å². The summed E-state index contributed by atoms with van der Waals surface area (Å²) in [4.78, 5) is 19.1. The number of hydrogen-bond acceptors (Lipinski definition) is 5. The molecule has 1 aliphatic heterocycles. The molecular formula is C18H22N6O. The van der Waals surface area contributed by atoms with Gasteiger partial charge < -0.3 is 10.2 Å². The van der Waals surface area contributed by atoms with Gasteiger partial charge in [0.1, 0.15) is 17.6 Å². The largest absolute Gasteiger partial charge is 0.353 e. The van der Waals surface area contributed by atoms with Gasteiger partial charge >= 0.3 is 0 Å². The number of carbonyl (C=O) groups is 1. The summed E-state index contributed by atoms with van der Waals surface area (Å²) in [6.07, 6.45) is 3.46. The molecule has 2 aromatic heterocycles. The molecule has 1 N–H and O–H groups in total. The van der Waals surface area contributed by atoms with Crippen molar-refractivity contribution in [3.63, 3.8) is 0 Å². The Morgan fingerprint density at radius 2 is 2.24 bits per heavy atom. The summed E-state index contributed by atoms with van der Waals surface area (Å²) < 4.78 is 1.56. The van der Waals surface area contributed by atoms with E-state index in [0.717, 1.165) is 36.5 Å². The summed E-state index contributed by atoms with van der Waals surface area (Å²) in [6, 6.07) is 5.92. The maximum atomic E-state index is 12.4. The summed E-state index contributed by atoms with van der Waals surface area (Å²) in [7, 11) is 1.75. The Hall–Kier alpha value is -2.88. The molecule has 1 unspecified atom stereocenters. The highest BCUT2D eigenvalue weighted by Crippen LogP contribution is 2.25. The molecular weight excluding hydrogens is 316 g/mol. The van der Waals surface area contributed by atoms with E-state index in [4.69, 9.17) is 0 Å². The van der Waals surface area contributed by atoms with Crippen LogP contribution in [0.5, 0.6) is 0 Å². The molecule has 0 spiro atoms. The topological polar surface area (TPSA) is 86.8 Å². The first-order chi connectivity index (χ1) is 12.0. The average Bonchev–Trinajstić information content (AvgIpc) is 3.00. The third kappa shape index (κ3) is 3.48. The Labute approximate surface area is 147 Å². The van der Waals surface area contributed by atoms with Crippen molar-refractivity contribution in [2.75, 3.05) is 18.0 Å². The van der Waals surface area contributed by atoms with Crippen molar-refractivity contribution in [1.29, 1.82) is 5.26 Å². The minimum Gasteiger partial charge on any atom is -0.353 e. The van der Waals surface area contributed by atoms with E-state index < -0.39 is 0 Å². The van der Waals surface area contributed by atoms with E-state index >= 15 is 0 Å². The van der Waals surface area contributed by atoms with Crippen molar-refractivity contribution >= 4 is 11.7 Å². The number of hydrogen-bond donors (Lipinski definition) is 1. The van der Waals surface area contributed by atoms with E-state index in [1.54, 1.807) is 24.0 Å². The van der Waals surface area contributed by atoms with Gasteiger partial charge in [-0.05, 0) is 44.4 Å². The van der Waals surface area contributed by atoms with E-state index in [0.29, 0.717) is 17.8 Å². The van der Waals surface area contributed by atoms with Gasteiger partial charge in [-0.2, -0.15) is 10.4 Å². The predicted molar refractivity (Wildman–Crippen MR) is 94.3 cm³/mol. The van der Waals surface area contributed by atoms with Gasteiger partial charge in [-0.3, -0.25) is 9.48 Å². The molecule has 1 amide bonds. The van der Waals surface area contributed by atoms with Gasteiger partial charge in [-0.1, -0.05) is 0 Å². The molecule has 130 valence electrons. The van der Waals surface area contributed by atoms with Gasteiger partial charge in [0.05, 0.1) is 5.56 Å². The third-order valence-electron chi connectivity index (χ3n) is 4.55. The summed E-state index contributed by atoms with van der Waals surface area (Å²) in [6.45, 7) is 5.35. The highest BCUT2D eigenvalue weighted by molar-refractivity contribution is 5.92. The molecule has 1 saturated heterocycles. The molecule has 7 heteroatoms. The van der Waals surface area contributed by atoms with Crippen LogP contribution in [0.25, 0.3) is 0 Å². The SMILES string of the molecule is Cc1cc(C)c(C#N)c(N2CCCC(NC(=O)c3ccnn3C)C2)n1. The Kier molecular flexibility index (Phi) is 4.70. The molecule has 3 rings (SSSR count). The minimum absolute atomic E-state index is 0.0188. The zero-order valence-corrected chi connectivity index (χ0v) is 14.8. The molecule has 3 heterocycles. The molecule has 0 radical (unpaired) electrons. The number of amides is 1. The lowest BCUT2D eigenvalue weighted by atomic mass is 10.0. The van der Waals surface area contributed by atoms with E-state index in [1.165, 1.54) is 0 Å². The normalized spacial score (nSPS) is 17.2. The van der Waals surface area contributed by atoms with Crippen molar-refractivity contribution in [3.8, 4) is 6.07 Å². The fourth-order valence-corrected chi connectivity index (χ4v) is 3.33. The lowest BCUT2D eigenvalue weighted by Gasteiger charge is -2.34. The number of pyridine rings is 1. The van der Waals surface area contributed by atoms with Crippen molar-refractivity contribution in [1.82, 2.24) is 20.1 Å². The molecule has 1 atom stereocenters.